The van der Waals surface area contributed by atoms with E-state index >= 15 is 0 Å². The first-order valence-corrected chi connectivity index (χ1v) is 8.29. The number of para-hydroxylation sites is 1. The van der Waals surface area contributed by atoms with Crippen molar-refractivity contribution in [3.8, 4) is 0 Å². The topological polar surface area (TPSA) is 62.4 Å². The molecule has 0 heterocycles. The molecule has 3 rings (SSSR count). The van der Waals surface area contributed by atoms with Gasteiger partial charge in [-0.1, -0.05) is 24.3 Å². The van der Waals surface area contributed by atoms with Crippen molar-refractivity contribution in [3.63, 3.8) is 0 Å². The van der Waals surface area contributed by atoms with Gasteiger partial charge in [-0.25, -0.2) is 0 Å². The summed E-state index contributed by atoms with van der Waals surface area (Å²) in [6.45, 7) is 1.60. The molecule has 1 aliphatic rings. The standard InChI is InChI=1S/C19H24N4.HI/c20-19(22-13-5-12-21-17-8-2-1-3-9-17)23-18-11-10-15-6-4-7-16(15)14-18;/h1-3,8-11,14,21H,4-7,12-13H2,(H3,20,22,23);1H. The molecule has 5 heteroatoms. The van der Waals surface area contributed by atoms with Gasteiger partial charge in [-0.2, -0.15) is 0 Å². The Labute approximate surface area is 161 Å². The Morgan fingerprint density at radius 1 is 1.00 bits per heavy atom. The number of guanidine groups is 1. The number of benzene rings is 2. The summed E-state index contributed by atoms with van der Waals surface area (Å²) in [7, 11) is 0. The molecular formula is C19H25IN4. The molecule has 0 unspecified atom stereocenters. The minimum Gasteiger partial charge on any atom is -0.385 e. The Morgan fingerprint density at radius 2 is 1.79 bits per heavy atom. The molecule has 128 valence electrons. The van der Waals surface area contributed by atoms with E-state index in [1.807, 2.05) is 18.2 Å². The molecule has 0 spiro atoms. The van der Waals surface area contributed by atoms with Gasteiger partial charge in [0.15, 0.2) is 5.96 Å². The second-order valence-electron chi connectivity index (χ2n) is 5.88. The SMILES string of the molecule is I.NC(=NCCCNc1ccccc1)Nc1ccc2c(c1)CCC2. The van der Waals surface area contributed by atoms with E-state index in [0.29, 0.717) is 12.5 Å². The van der Waals surface area contributed by atoms with E-state index in [1.165, 1.54) is 30.4 Å². The summed E-state index contributed by atoms with van der Waals surface area (Å²) < 4.78 is 0. The van der Waals surface area contributed by atoms with Crippen LogP contribution in [0.3, 0.4) is 0 Å². The Balaban J connectivity index is 0.00000208. The maximum absolute atomic E-state index is 5.96. The third-order valence-corrected chi connectivity index (χ3v) is 4.09. The van der Waals surface area contributed by atoms with Crippen molar-refractivity contribution in [3.05, 3.63) is 59.7 Å². The predicted octanol–water partition coefficient (Wildman–Crippen LogP) is 4.02. The van der Waals surface area contributed by atoms with Crippen molar-refractivity contribution in [1.82, 2.24) is 0 Å². The van der Waals surface area contributed by atoms with E-state index < -0.39 is 0 Å². The van der Waals surface area contributed by atoms with Crippen LogP contribution in [0.1, 0.15) is 24.0 Å². The molecule has 0 aromatic heterocycles. The number of rotatable bonds is 6. The zero-order valence-corrected chi connectivity index (χ0v) is 16.1. The maximum Gasteiger partial charge on any atom is 0.193 e. The Kier molecular flexibility index (Phi) is 7.36. The number of nitrogens with one attached hydrogen (secondary N) is 2. The molecule has 4 nitrogen and oxygen atoms in total. The Bertz CT molecular complexity index is 670. The lowest BCUT2D eigenvalue weighted by Gasteiger charge is -2.08. The summed E-state index contributed by atoms with van der Waals surface area (Å²) in [4.78, 5) is 4.39. The molecule has 0 bridgehead atoms. The molecule has 0 saturated carbocycles. The highest BCUT2D eigenvalue weighted by Gasteiger charge is 2.10. The average molecular weight is 436 g/mol. The first-order valence-electron chi connectivity index (χ1n) is 8.29. The quantitative estimate of drug-likeness (QED) is 0.278. The molecule has 4 N–H and O–H groups in total. The molecule has 2 aromatic carbocycles. The highest BCUT2D eigenvalue weighted by Crippen LogP contribution is 2.24. The van der Waals surface area contributed by atoms with E-state index in [9.17, 15) is 0 Å². The van der Waals surface area contributed by atoms with Crippen molar-refractivity contribution in [1.29, 1.82) is 0 Å². The number of fused-ring (bicyclic) bond motifs is 1. The number of nitrogens with zero attached hydrogens (tertiary/aromatic N) is 1. The predicted molar refractivity (Wildman–Crippen MR) is 114 cm³/mol. The van der Waals surface area contributed by atoms with Gasteiger partial charge < -0.3 is 16.4 Å². The normalized spacial score (nSPS) is 13.1. The summed E-state index contributed by atoms with van der Waals surface area (Å²) in [6.07, 6.45) is 4.58. The van der Waals surface area contributed by atoms with Gasteiger partial charge >= 0.3 is 0 Å². The highest BCUT2D eigenvalue weighted by molar-refractivity contribution is 14.0. The van der Waals surface area contributed by atoms with Gasteiger partial charge in [0.2, 0.25) is 0 Å². The van der Waals surface area contributed by atoms with E-state index in [1.54, 1.807) is 0 Å². The fourth-order valence-corrected chi connectivity index (χ4v) is 2.90. The van der Waals surface area contributed by atoms with E-state index in [-0.39, 0.29) is 24.0 Å². The molecule has 0 radical (unpaired) electrons. The molecule has 0 fully saturated rings. The van der Waals surface area contributed by atoms with Crippen molar-refractivity contribution in [2.24, 2.45) is 10.7 Å². The van der Waals surface area contributed by atoms with E-state index in [2.05, 4.69) is 46.0 Å². The number of anilines is 2. The van der Waals surface area contributed by atoms with Gasteiger partial charge in [0.1, 0.15) is 0 Å². The molecule has 1 aliphatic carbocycles. The third-order valence-electron chi connectivity index (χ3n) is 4.09. The van der Waals surface area contributed by atoms with Gasteiger partial charge in [0, 0.05) is 24.5 Å². The van der Waals surface area contributed by atoms with Crippen LogP contribution < -0.4 is 16.4 Å². The molecule has 0 amide bonds. The van der Waals surface area contributed by atoms with Crippen LogP contribution in [0.15, 0.2) is 53.5 Å². The lowest BCUT2D eigenvalue weighted by molar-refractivity contribution is 0.873. The molecule has 24 heavy (non-hydrogen) atoms. The van der Waals surface area contributed by atoms with E-state index in [4.69, 9.17) is 5.73 Å². The van der Waals surface area contributed by atoms with Crippen molar-refractivity contribution in [2.75, 3.05) is 23.7 Å². The largest absolute Gasteiger partial charge is 0.385 e. The van der Waals surface area contributed by atoms with Crippen LogP contribution in [-0.2, 0) is 12.8 Å². The minimum absolute atomic E-state index is 0. The molecule has 2 aromatic rings. The van der Waals surface area contributed by atoms with Gasteiger partial charge in [-0.15, -0.1) is 24.0 Å². The molecule has 0 atom stereocenters. The highest BCUT2D eigenvalue weighted by atomic mass is 127. The Morgan fingerprint density at radius 3 is 2.62 bits per heavy atom. The van der Waals surface area contributed by atoms with Crippen LogP contribution in [0, 0.1) is 0 Å². The number of halogens is 1. The van der Waals surface area contributed by atoms with Crippen LogP contribution in [0.2, 0.25) is 0 Å². The van der Waals surface area contributed by atoms with Crippen LogP contribution in [-0.4, -0.2) is 19.0 Å². The molecular weight excluding hydrogens is 411 g/mol. The van der Waals surface area contributed by atoms with Crippen LogP contribution >= 0.6 is 24.0 Å². The van der Waals surface area contributed by atoms with Crippen LogP contribution in [0.4, 0.5) is 11.4 Å². The molecule has 0 saturated heterocycles. The fraction of sp³-hybridized carbons (Fsp3) is 0.316. The number of nitrogens with two attached hydrogens (primary N) is 1. The number of aliphatic imine (C=N–C) groups is 1. The molecule has 0 aliphatic heterocycles. The monoisotopic (exact) mass is 436 g/mol. The first-order chi connectivity index (χ1) is 11.3. The zero-order valence-electron chi connectivity index (χ0n) is 13.8. The summed E-state index contributed by atoms with van der Waals surface area (Å²) in [5.41, 5.74) is 11.0. The van der Waals surface area contributed by atoms with Crippen LogP contribution in [0.5, 0.6) is 0 Å². The van der Waals surface area contributed by atoms with Gasteiger partial charge in [0.05, 0.1) is 0 Å². The number of hydrogen-bond donors (Lipinski definition) is 3. The summed E-state index contributed by atoms with van der Waals surface area (Å²) >= 11 is 0. The summed E-state index contributed by atoms with van der Waals surface area (Å²) in [5, 5.41) is 6.55. The first kappa shape index (κ1) is 18.6. The van der Waals surface area contributed by atoms with E-state index in [0.717, 1.165) is 24.3 Å². The summed E-state index contributed by atoms with van der Waals surface area (Å²) in [6, 6.07) is 16.7. The van der Waals surface area contributed by atoms with Crippen molar-refractivity contribution in [2.45, 2.75) is 25.7 Å². The van der Waals surface area contributed by atoms with Crippen LogP contribution in [0.25, 0.3) is 0 Å². The lowest BCUT2D eigenvalue weighted by Crippen LogP contribution is -2.23. The Hall–Kier alpha value is -1.76. The van der Waals surface area contributed by atoms with Gasteiger partial charge in [-0.05, 0) is 61.1 Å². The summed E-state index contributed by atoms with van der Waals surface area (Å²) in [5.74, 6) is 0.489. The maximum atomic E-state index is 5.96. The third kappa shape index (κ3) is 5.40. The van der Waals surface area contributed by atoms with Crippen molar-refractivity contribution >= 4 is 41.3 Å². The number of hydrogen-bond acceptors (Lipinski definition) is 2. The zero-order chi connectivity index (χ0) is 15.9. The second kappa shape index (κ2) is 9.52. The van der Waals surface area contributed by atoms with Crippen molar-refractivity contribution < 1.29 is 0 Å². The number of aryl methyl sites for hydroxylation is 2. The average Bonchev–Trinajstić information content (AvgIpc) is 3.03. The fourth-order valence-electron chi connectivity index (χ4n) is 2.90. The van der Waals surface area contributed by atoms with Gasteiger partial charge in [-0.3, -0.25) is 4.99 Å². The minimum atomic E-state index is 0. The second-order valence-corrected chi connectivity index (χ2v) is 5.88. The smallest absolute Gasteiger partial charge is 0.193 e. The lowest BCUT2D eigenvalue weighted by atomic mass is 10.1. The van der Waals surface area contributed by atoms with Gasteiger partial charge in [0.25, 0.3) is 0 Å².